The third-order valence-electron chi connectivity index (χ3n) is 5.02. The average Bonchev–Trinajstić information content (AvgIpc) is 3.01. The van der Waals surface area contributed by atoms with Gasteiger partial charge in [0.2, 0.25) is 11.8 Å². The van der Waals surface area contributed by atoms with Crippen LogP contribution in [0.3, 0.4) is 0 Å². The van der Waals surface area contributed by atoms with E-state index in [2.05, 4.69) is 21.2 Å². The molecule has 10 heteroatoms. The number of sulfone groups is 1. The highest BCUT2D eigenvalue weighted by Gasteiger charge is 2.35. The van der Waals surface area contributed by atoms with E-state index in [1.807, 2.05) is 13.0 Å². The minimum Gasteiger partial charge on any atom is -0.495 e. The molecule has 0 unspecified atom stereocenters. The van der Waals surface area contributed by atoms with Gasteiger partial charge in [-0.3, -0.25) is 9.59 Å². The van der Waals surface area contributed by atoms with E-state index in [1.165, 1.54) is 31.1 Å². The van der Waals surface area contributed by atoms with E-state index in [0.29, 0.717) is 33.0 Å². The van der Waals surface area contributed by atoms with E-state index in [1.54, 1.807) is 12.1 Å². The van der Waals surface area contributed by atoms with Crippen molar-refractivity contribution in [3.63, 3.8) is 0 Å². The highest BCUT2D eigenvalue weighted by atomic mass is 79.9. The summed E-state index contributed by atoms with van der Waals surface area (Å²) in [4.78, 5) is 26.1. The van der Waals surface area contributed by atoms with Crippen LogP contribution in [0.25, 0.3) is 0 Å². The number of hydrogen-bond acceptors (Lipinski definition) is 5. The molecule has 0 aromatic heterocycles. The molecular weight excluding hydrogens is 508 g/mol. The van der Waals surface area contributed by atoms with Crippen LogP contribution in [0.5, 0.6) is 5.75 Å². The van der Waals surface area contributed by atoms with Crippen molar-refractivity contribution in [3.05, 3.63) is 45.4 Å². The third kappa shape index (κ3) is 5.05. The lowest BCUT2D eigenvalue weighted by Gasteiger charge is -2.23. The van der Waals surface area contributed by atoms with Gasteiger partial charge in [0.05, 0.1) is 28.5 Å². The summed E-state index contributed by atoms with van der Waals surface area (Å²) in [6.45, 7) is 3.29. The number of halogens is 2. The number of benzene rings is 2. The Balaban J connectivity index is 1.80. The number of hydrogen-bond donors (Lipinski definition) is 1. The van der Waals surface area contributed by atoms with Gasteiger partial charge in [0.1, 0.15) is 5.75 Å². The molecule has 0 radical (unpaired) electrons. The fourth-order valence-corrected chi connectivity index (χ4v) is 6.12. The Labute approximate surface area is 194 Å². The van der Waals surface area contributed by atoms with Gasteiger partial charge in [-0.2, -0.15) is 0 Å². The molecule has 0 bridgehead atoms. The number of nitrogens with one attached hydrogen (secondary N) is 1. The monoisotopic (exact) mass is 528 g/mol. The molecule has 31 heavy (non-hydrogen) atoms. The molecule has 3 rings (SSSR count). The van der Waals surface area contributed by atoms with Crippen molar-refractivity contribution in [2.75, 3.05) is 23.1 Å². The zero-order valence-corrected chi connectivity index (χ0v) is 20.4. The smallest absolute Gasteiger partial charge is 0.225 e. The van der Waals surface area contributed by atoms with Crippen LogP contribution in [0, 0.1) is 0 Å². The summed E-state index contributed by atoms with van der Waals surface area (Å²) < 4.78 is 32.0. The van der Waals surface area contributed by atoms with Gasteiger partial charge in [-0.05, 0) is 49.2 Å². The zero-order valence-electron chi connectivity index (χ0n) is 17.2. The minimum atomic E-state index is -3.83. The summed E-state index contributed by atoms with van der Waals surface area (Å²) in [7, 11) is -2.35. The van der Waals surface area contributed by atoms with Gasteiger partial charge in [-0.1, -0.05) is 27.5 Å². The molecule has 2 aromatic carbocycles. The number of ether oxygens (including phenoxy) is 1. The molecule has 0 spiro atoms. The summed E-state index contributed by atoms with van der Waals surface area (Å²) in [5.74, 6) is -0.617. The first-order valence-corrected chi connectivity index (χ1v) is 12.3. The van der Waals surface area contributed by atoms with Gasteiger partial charge >= 0.3 is 0 Å². The molecular formula is C21H22BrClN2O5S. The molecule has 1 aliphatic heterocycles. The van der Waals surface area contributed by atoms with Crippen molar-refractivity contribution in [1.82, 2.24) is 0 Å². The first-order chi connectivity index (χ1) is 14.5. The molecule has 1 heterocycles. The normalized spacial score (nSPS) is 15.5. The van der Waals surface area contributed by atoms with Crippen LogP contribution in [0.4, 0.5) is 11.4 Å². The Morgan fingerprint density at radius 3 is 2.61 bits per heavy atom. The van der Waals surface area contributed by atoms with Gasteiger partial charge in [0.25, 0.3) is 0 Å². The second-order valence-corrected chi connectivity index (χ2v) is 10.7. The standard InChI is InChI=1S/C21H22BrClN2O5S/c1-12-8-14-9-15(22)10-19(21(14)25(12)13(2)26)31(28,29)7-6-20(27)24-16-4-5-18(30-3)17(23)11-16/h4-5,9-12H,6-8H2,1-3H3,(H,24,27)/t12-/m1/s1. The van der Waals surface area contributed by atoms with E-state index in [9.17, 15) is 18.0 Å². The molecule has 7 nitrogen and oxygen atoms in total. The Kier molecular flexibility index (Phi) is 6.98. The van der Waals surface area contributed by atoms with E-state index in [0.717, 1.165) is 5.56 Å². The summed E-state index contributed by atoms with van der Waals surface area (Å²) in [6.07, 6.45) is 0.318. The maximum Gasteiger partial charge on any atom is 0.225 e. The minimum absolute atomic E-state index is 0.0525. The first kappa shape index (κ1) is 23.6. The van der Waals surface area contributed by atoms with Gasteiger partial charge in [0, 0.05) is 29.5 Å². The van der Waals surface area contributed by atoms with E-state index >= 15 is 0 Å². The van der Waals surface area contributed by atoms with Crippen LogP contribution in [-0.4, -0.2) is 39.1 Å². The second-order valence-electron chi connectivity index (χ2n) is 7.32. The molecule has 0 aliphatic carbocycles. The van der Waals surface area contributed by atoms with E-state index in [-0.39, 0.29) is 23.3 Å². The summed E-state index contributed by atoms with van der Waals surface area (Å²) in [5.41, 5.74) is 1.63. The first-order valence-electron chi connectivity index (χ1n) is 9.52. The highest BCUT2D eigenvalue weighted by Crippen LogP contribution is 2.40. The van der Waals surface area contributed by atoms with Crippen LogP contribution in [0.1, 0.15) is 25.8 Å². The van der Waals surface area contributed by atoms with Gasteiger partial charge in [-0.15, -0.1) is 0 Å². The fraction of sp³-hybridized carbons (Fsp3) is 0.333. The molecule has 2 aromatic rings. The molecule has 1 aliphatic rings. The zero-order chi connectivity index (χ0) is 22.9. The van der Waals surface area contributed by atoms with Gasteiger partial charge in [-0.25, -0.2) is 8.42 Å². The Morgan fingerprint density at radius 2 is 2.00 bits per heavy atom. The van der Waals surface area contributed by atoms with Crippen LogP contribution in [-0.2, 0) is 25.8 Å². The number of rotatable bonds is 6. The largest absolute Gasteiger partial charge is 0.495 e. The second kappa shape index (κ2) is 9.18. The summed E-state index contributed by atoms with van der Waals surface area (Å²) in [6, 6.07) is 7.93. The highest BCUT2D eigenvalue weighted by molar-refractivity contribution is 9.10. The summed E-state index contributed by atoms with van der Waals surface area (Å²) in [5, 5.41) is 2.97. The number of nitrogens with zero attached hydrogens (tertiary/aromatic N) is 1. The Bertz CT molecular complexity index is 1150. The lowest BCUT2D eigenvalue weighted by Crippen LogP contribution is -2.34. The van der Waals surface area contributed by atoms with Crippen molar-refractivity contribution in [1.29, 1.82) is 0 Å². The maximum absolute atomic E-state index is 13.1. The molecule has 1 N–H and O–H groups in total. The van der Waals surface area contributed by atoms with Crippen LogP contribution in [0.15, 0.2) is 39.7 Å². The van der Waals surface area contributed by atoms with E-state index < -0.39 is 21.5 Å². The number of carbonyl (C=O) groups is 2. The quantitative estimate of drug-likeness (QED) is 0.605. The van der Waals surface area contributed by atoms with Gasteiger partial charge in [0.15, 0.2) is 9.84 Å². The van der Waals surface area contributed by atoms with Gasteiger partial charge < -0.3 is 15.0 Å². The van der Waals surface area contributed by atoms with Crippen LogP contribution < -0.4 is 15.0 Å². The van der Waals surface area contributed by atoms with Crippen LogP contribution in [0.2, 0.25) is 5.02 Å². The van der Waals surface area contributed by atoms with Crippen LogP contribution >= 0.6 is 27.5 Å². The summed E-state index contributed by atoms with van der Waals surface area (Å²) >= 11 is 9.41. The third-order valence-corrected chi connectivity index (χ3v) is 7.50. The predicted octanol–water partition coefficient (Wildman–Crippen LogP) is 4.21. The van der Waals surface area contributed by atoms with Crippen molar-refractivity contribution in [3.8, 4) is 5.75 Å². The van der Waals surface area contributed by atoms with Crippen molar-refractivity contribution >= 4 is 60.6 Å². The fourth-order valence-electron chi connectivity index (χ4n) is 3.70. The Morgan fingerprint density at radius 1 is 1.29 bits per heavy atom. The lowest BCUT2D eigenvalue weighted by molar-refractivity contribution is -0.117. The molecule has 0 saturated carbocycles. The lowest BCUT2D eigenvalue weighted by atomic mass is 10.1. The number of methoxy groups -OCH3 is 1. The number of fused-ring (bicyclic) bond motifs is 1. The van der Waals surface area contributed by atoms with Crippen molar-refractivity contribution in [2.24, 2.45) is 0 Å². The molecule has 0 saturated heterocycles. The molecule has 166 valence electrons. The van der Waals surface area contributed by atoms with Crippen molar-refractivity contribution in [2.45, 2.75) is 37.6 Å². The number of anilines is 2. The molecule has 2 amide bonds. The Hall–Kier alpha value is -2.10. The maximum atomic E-state index is 13.1. The number of amides is 2. The molecule has 1 atom stereocenters. The molecule has 0 fully saturated rings. The van der Waals surface area contributed by atoms with E-state index in [4.69, 9.17) is 16.3 Å². The SMILES string of the molecule is COc1ccc(NC(=O)CCS(=O)(=O)c2cc(Br)cc3c2N(C(C)=O)[C@H](C)C3)cc1Cl. The topological polar surface area (TPSA) is 92.8 Å². The average molecular weight is 530 g/mol. The van der Waals surface area contributed by atoms with Crippen molar-refractivity contribution < 1.29 is 22.7 Å². The number of carbonyl (C=O) groups excluding carboxylic acids is 2. The predicted molar refractivity (Wildman–Crippen MR) is 124 cm³/mol.